The Morgan fingerprint density at radius 1 is 1.36 bits per heavy atom. The van der Waals surface area contributed by atoms with Gasteiger partial charge in [-0.1, -0.05) is 48.2 Å². The highest BCUT2D eigenvalue weighted by molar-refractivity contribution is 7.99. The first-order valence-corrected chi connectivity index (χ1v) is 9.57. The summed E-state index contributed by atoms with van der Waals surface area (Å²) in [6.45, 7) is 6.48. The summed E-state index contributed by atoms with van der Waals surface area (Å²) in [7, 11) is 0. The first kappa shape index (κ1) is 17.4. The van der Waals surface area contributed by atoms with Crippen molar-refractivity contribution in [1.29, 1.82) is 0 Å². The zero-order valence-electron chi connectivity index (χ0n) is 13.8. The first-order chi connectivity index (χ1) is 12.1. The van der Waals surface area contributed by atoms with Crippen LogP contribution in [0.1, 0.15) is 4.88 Å². The topological polar surface area (TPSA) is 73.8 Å². The van der Waals surface area contributed by atoms with Gasteiger partial charge in [-0.3, -0.25) is 9.36 Å². The molecule has 0 spiro atoms. The fourth-order valence-corrected chi connectivity index (χ4v) is 4.16. The van der Waals surface area contributed by atoms with E-state index in [-0.39, 0.29) is 11.7 Å². The van der Waals surface area contributed by atoms with Crippen molar-refractivity contribution in [3.8, 4) is 22.5 Å². The van der Waals surface area contributed by atoms with Crippen LogP contribution in [0.2, 0.25) is 0 Å². The Morgan fingerprint density at radius 3 is 2.80 bits per heavy atom. The van der Waals surface area contributed by atoms with Crippen LogP contribution in [0.3, 0.4) is 0 Å². The lowest BCUT2D eigenvalue weighted by atomic mass is 10.0. The molecular weight excluding hydrogens is 352 g/mol. The summed E-state index contributed by atoms with van der Waals surface area (Å²) in [6.07, 6.45) is 1.79. The molecule has 0 aliphatic carbocycles. The Kier molecular flexibility index (Phi) is 5.35. The number of primary amides is 1. The van der Waals surface area contributed by atoms with Crippen LogP contribution in [0.5, 0.6) is 0 Å². The summed E-state index contributed by atoms with van der Waals surface area (Å²) in [5.41, 5.74) is 8.60. The second-order valence-electron chi connectivity index (χ2n) is 5.41. The maximum atomic E-state index is 11.1. The van der Waals surface area contributed by atoms with Crippen molar-refractivity contribution in [3.05, 3.63) is 53.2 Å². The van der Waals surface area contributed by atoms with E-state index in [1.165, 1.54) is 16.6 Å². The van der Waals surface area contributed by atoms with Crippen LogP contribution in [-0.2, 0) is 11.3 Å². The molecule has 2 N–H and O–H groups in total. The minimum absolute atomic E-state index is 0.170. The number of benzene rings is 1. The quantitative estimate of drug-likeness (QED) is 0.508. The normalized spacial score (nSPS) is 10.8. The molecule has 3 rings (SSSR count). The van der Waals surface area contributed by atoms with Crippen LogP contribution in [0.15, 0.2) is 53.5 Å². The number of thioether (sulfide) groups is 1. The van der Waals surface area contributed by atoms with E-state index in [1.807, 2.05) is 22.8 Å². The third kappa shape index (κ3) is 3.67. The van der Waals surface area contributed by atoms with Crippen LogP contribution in [0.4, 0.5) is 0 Å². The van der Waals surface area contributed by atoms with Crippen molar-refractivity contribution in [2.45, 2.75) is 18.6 Å². The molecular formula is C18H18N4OS2. The van der Waals surface area contributed by atoms with Gasteiger partial charge in [0, 0.05) is 27.9 Å². The van der Waals surface area contributed by atoms with Crippen LogP contribution in [0, 0.1) is 6.92 Å². The second-order valence-corrected chi connectivity index (χ2v) is 7.43. The Morgan fingerprint density at radius 2 is 2.12 bits per heavy atom. The van der Waals surface area contributed by atoms with Gasteiger partial charge in [-0.05, 0) is 12.5 Å². The van der Waals surface area contributed by atoms with Crippen molar-refractivity contribution >= 4 is 29.0 Å². The molecule has 0 atom stereocenters. The molecule has 2 aromatic heterocycles. The Balaban J connectivity index is 2.08. The van der Waals surface area contributed by atoms with Crippen molar-refractivity contribution in [2.24, 2.45) is 5.73 Å². The molecule has 0 unspecified atom stereocenters. The van der Waals surface area contributed by atoms with Crippen molar-refractivity contribution in [1.82, 2.24) is 14.8 Å². The lowest BCUT2D eigenvalue weighted by molar-refractivity contribution is -0.115. The highest BCUT2D eigenvalue weighted by Gasteiger charge is 2.20. The van der Waals surface area contributed by atoms with Gasteiger partial charge in [0.2, 0.25) is 5.91 Å². The molecule has 7 heteroatoms. The summed E-state index contributed by atoms with van der Waals surface area (Å²) < 4.78 is 1.97. The molecule has 0 saturated heterocycles. The number of nitrogens with zero attached hydrogens (tertiary/aromatic N) is 3. The fraction of sp³-hybridized carbons (Fsp3) is 0.167. The molecule has 0 aliphatic rings. The number of hydrogen-bond donors (Lipinski definition) is 1. The van der Waals surface area contributed by atoms with E-state index in [0.29, 0.717) is 11.7 Å². The Labute approximate surface area is 154 Å². The number of rotatable bonds is 7. The SMILES string of the molecule is C=CCn1c(SCC(N)=O)nnc1-c1csc(C)c1-c1ccccc1. The molecule has 1 aromatic carbocycles. The highest BCUT2D eigenvalue weighted by atomic mass is 32.2. The maximum Gasteiger partial charge on any atom is 0.227 e. The van der Waals surface area contributed by atoms with Crippen LogP contribution >= 0.6 is 23.1 Å². The number of nitrogens with two attached hydrogens (primary N) is 1. The third-order valence-electron chi connectivity index (χ3n) is 3.65. The molecule has 25 heavy (non-hydrogen) atoms. The maximum absolute atomic E-state index is 11.1. The summed E-state index contributed by atoms with van der Waals surface area (Å²) >= 11 is 2.98. The monoisotopic (exact) mass is 370 g/mol. The smallest absolute Gasteiger partial charge is 0.227 e. The predicted octanol–water partition coefficient (Wildman–Crippen LogP) is 3.75. The van der Waals surface area contributed by atoms with Crippen molar-refractivity contribution in [3.63, 3.8) is 0 Å². The molecule has 0 saturated carbocycles. The molecule has 128 valence electrons. The zero-order chi connectivity index (χ0) is 17.8. The summed E-state index contributed by atoms with van der Waals surface area (Å²) in [5.74, 6) is 0.565. The minimum Gasteiger partial charge on any atom is -0.369 e. The van der Waals surface area contributed by atoms with Gasteiger partial charge < -0.3 is 5.73 Å². The van der Waals surface area contributed by atoms with Crippen LogP contribution < -0.4 is 5.73 Å². The van der Waals surface area contributed by atoms with Gasteiger partial charge in [0.25, 0.3) is 0 Å². The van der Waals surface area contributed by atoms with Gasteiger partial charge in [-0.25, -0.2) is 0 Å². The number of aryl methyl sites for hydroxylation is 1. The van der Waals surface area contributed by atoms with Crippen molar-refractivity contribution in [2.75, 3.05) is 5.75 Å². The number of aromatic nitrogens is 3. The van der Waals surface area contributed by atoms with Crippen LogP contribution in [0.25, 0.3) is 22.5 Å². The number of carbonyl (C=O) groups is 1. The van der Waals surface area contributed by atoms with Gasteiger partial charge in [-0.15, -0.1) is 28.1 Å². The number of hydrogen-bond acceptors (Lipinski definition) is 5. The number of carbonyl (C=O) groups excluding carboxylic acids is 1. The Bertz CT molecular complexity index is 899. The first-order valence-electron chi connectivity index (χ1n) is 7.71. The van der Waals surface area contributed by atoms with E-state index >= 15 is 0 Å². The van der Waals surface area contributed by atoms with Gasteiger partial charge in [0.1, 0.15) is 0 Å². The van der Waals surface area contributed by atoms with E-state index in [9.17, 15) is 4.79 Å². The zero-order valence-corrected chi connectivity index (χ0v) is 15.4. The third-order valence-corrected chi connectivity index (χ3v) is 5.55. The van der Waals surface area contributed by atoms with Gasteiger partial charge in [0.15, 0.2) is 11.0 Å². The van der Waals surface area contributed by atoms with Crippen LogP contribution in [-0.4, -0.2) is 26.4 Å². The molecule has 2 heterocycles. The fourth-order valence-electron chi connectivity index (χ4n) is 2.61. The molecule has 1 amide bonds. The highest BCUT2D eigenvalue weighted by Crippen LogP contribution is 2.39. The van der Waals surface area contributed by atoms with E-state index in [0.717, 1.165) is 22.5 Å². The van der Waals surface area contributed by atoms with Gasteiger partial charge >= 0.3 is 0 Å². The van der Waals surface area contributed by atoms with Gasteiger partial charge in [-0.2, -0.15) is 0 Å². The molecule has 0 aliphatic heterocycles. The van der Waals surface area contributed by atoms with Crippen molar-refractivity contribution < 1.29 is 4.79 Å². The largest absolute Gasteiger partial charge is 0.369 e. The van der Waals surface area contributed by atoms with E-state index in [1.54, 1.807) is 17.4 Å². The average molecular weight is 371 g/mol. The molecule has 3 aromatic rings. The van der Waals surface area contributed by atoms with E-state index in [2.05, 4.69) is 41.2 Å². The number of amides is 1. The van der Waals surface area contributed by atoms with Gasteiger partial charge in [0.05, 0.1) is 5.75 Å². The summed E-state index contributed by atoms with van der Waals surface area (Å²) in [4.78, 5) is 12.3. The van der Waals surface area contributed by atoms with E-state index < -0.39 is 0 Å². The predicted molar refractivity (Wildman–Crippen MR) is 104 cm³/mol. The number of allylic oxidation sites excluding steroid dienone is 1. The molecule has 0 radical (unpaired) electrons. The lowest BCUT2D eigenvalue weighted by Crippen LogP contribution is -2.13. The summed E-state index contributed by atoms with van der Waals surface area (Å²) in [6, 6.07) is 10.2. The lowest BCUT2D eigenvalue weighted by Gasteiger charge is -2.09. The summed E-state index contributed by atoms with van der Waals surface area (Å²) in [5, 5.41) is 11.4. The Hall–Kier alpha value is -2.38. The minimum atomic E-state index is -0.379. The average Bonchev–Trinajstić information content (AvgIpc) is 3.17. The van der Waals surface area contributed by atoms with E-state index in [4.69, 9.17) is 5.73 Å². The number of thiophene rings is 1. The second kappa shape index (κ2) is 7.67. The molecule has 5 nitrogen and oxygen atoms in total. The standard InChI is InChI=1S/C18H18N4OS2/c1-3-9-22-17(20-21-18(22)25-11-15(19)23)14-10-24-12(2)16(14)13-7-5-4-6-8-13/h3-8,10H,1,9,11H2,2H3,(H2,19,23). The molecule has 0 fully saturated rings. The molecule has 0 bridgehead atoms.